The Labute approximate surface area is 184 Å². The zero-order chi connectivity index (χ0) is 21.1. The van der Waals surface area contributed by atoms with Crippen LogP contribution in [0.1, 0.15) is 12.0 Å². The van der Waals surface area contributed by atoms with Gasteiger partial charge in [0.2, 0.25) is 10.0 Å². The van der Waals surface area contributed by atoms with Crippen LogP contribution in [0.5, 0.6) is 0 Å². The molecule has 11 heteroatoms. The molecule has 1 fully saturated rings. The number of benzene rings is 2. The SMILES string of the molecule is Cc1ccccc1S(=O)(=O)Nc1ccc(N2CCCNCC2)cc1NS(C)(=O)=O.Cl. The lowest BCUT2D eigenvalue weighted by molar-refractivity contribution is 0.600. The fourth-order valence-corrected chi connectivity index (χ4v) is 5.16. The Morgan fingerprint density at radius 1 is 0.933 bits per heavy atom. The van der Waals surface area contributed by atoms with E-state index in [1.54, 1.807) is 43.3 Å². The molecule has 0 amide bonds. The summed E-state index contributed by atoms with van der Waals surface area (Å²) in [7, 11) is -7.47. The van der Waals surface area contributed by atoms with Gasteiger partial charge in [-0.3, -0.25) is 9.44 Å². The lowest BCUT2D eigenvalue weighted by atomic mass is 10.2. The average Bonchev–Trinajstić information content (AvgIpc) is 2.91. The fourth-order valence-electron chi connectivity index (χ4n) is 3.26. The van der Waals surface area contributed by atoms with Gasteiger partial charge >= 0.3 is 0 Å². The highest BCUT2D eigenvalue weighted by Crippen LogP contribution is 2.31. The highest BCUT2D eigenvalue weighted by Gasteiger charge is 2.20. The molecule has 1 aliphatic heterocycles. The third kappa shape index (κ3) is 6.24. The van der Waals surface area contributed by atoms with Crippen molar-refractivity contribution in [3.63, 3.8) is 0 Å². The van der Waals surface area contributed by atoms with E-state index in [0.717, 1.165) is 44.5 Å². The van der Waals surface area contributed by atoms with E-state index in [-0.39, 0.29) is 28.7 Å². The van der Waals surface area contributed by atoms with Crippen molar-refractivity contribution in [2.24, 2.45) is 0 Å². The van der Waals surface area contributed by atoms with Crippen LogP contribution in [-0.2, 0) is 20.0 Å². The number of aryl methyl sites for hydroxylation is 1. The maximum absolute atomic E-state index is 12.9. The summed E-state index contributed by atoms with van der Waals surface area (Å²) in [5, 5.41) is 3.32. The molecule has 3 N–H and O–H groups in total. The summed E-state index contributed by atoms with van der Waals surface area (Å²) in [6.07, 6.45) is 2.01. The second-order valence-electron chi connectivity index (χ2n) is 7.07. The van der Waals surface area contributed by atoms with Crippen LogP contribution < -0.4 is 19.7 Å². The first kappa shape index (κ1) is 24.3. The van der Waals surface area contributed by atoms with Crippen LogP contribution in [0.4, 0.5) is 17.1 Å². The zero-order valence-electron chi connectivity index (χ0n) is 16.9. The lowest BCUT2D eigenvalue weighted by Gasteiger charge is -2.24. The van der Waals surface area contributed by atoms with Gasteiger partial charge in [-0.15, -0.1) is 12.4 Å². The van der Waals surface area contributed by atoms with Crippen molar-refractivity contribution in [1.29, 1.82) is 0 Å². The molecule has 3 rings (SSSR count). The molecule has 1 aliphatic rings. The monoisotopic (exact) mass is 474 g/mol. The Kier molecular flexibility index (Phi) is 7.98. The van der Waals surface area contributed by atoms with E-state index in [1.807, 2.05) is 0 Å². The molecular weight excluding hydrogens is 448 g/mol. The highest BCUT2D eigenvalue weighted by atomic mass is 35.5. The van der Waals surface area contributed by atoms with Gasteiger partial charge in [0.15, 0.2) is 0 Å². The van der Waals surface area contributed by atoms with Crippen molar-refractivity contribution in [2.45, 2.75) is 18.2 Å². The Morgan fingerprint density at radius 2 is 1.67 bits per heavy atom. The number of sulfonamides is 2. The third-order valence-corrected chi connectivity index (χ3v) is 6.75. The minimum Gasteiger partial charge on any atom is -0.370 e. The second kappa shape index (κ2) is 9.86. The van der Waals surface area contributed by atoms with Crippen LogP contribution in [0.25, 0.3) is 0 Å². The van der Waals surface area contributed by atoms with Crippen molar-refractivity contribution >= 4 is 49.5 Å². The van der Waals surface area contributed by atoms with Crippen LogP contribution in [0.15, 0.2) is 47.4 Å². The lowest BCUT2D eigenvalue weighted by Crippen LogP contribution is -2.28. The number of anilines is 3. The van der Waals surface area contributed by atoms with Crippen LogP contribution >= 0.6 is 12.4 Å². The fraction of sp³-hybridized carbons (Fsp3) is 0.368. The Hall–Kier alpha value is -2.01. The first-order valence-electron chi connectivity index (χ1n) is 9.32. The Bertz CT molecular complexity index is 1080. The van der Waals surface area contributed by atoms with Gasteiger partial charge < -0.3 is 10.2 Å². The molecule has 30 heavy (non-hydrogen) atoms. The van der Waals surface area contributed by atoms with Crippen molar-refractivity contribution in [2.75, 3.05) is 46.8 Å². The third-order valence-electron chi connectivity index (χ3n) is 4.63. The molecule has 8 nitrogen and oxygen atoms in total. The maximum atomic E-state index is 12.9. The van der Waals surface area contributed by atoms with E-state index in [9.17, 15) is 16.8 Å². The van der Waals surface area contributed by atoms with E-state index in [4.69, 9.17) is 0 Å². The van der Waals surface area contributed by atoms with Gasteiger partial charge in [-0.25, -0.2) is 16.8 Å². The number of hydrogen-bond acceptors (Lipinski definition) is 6. The van der Waals surface area contributed by atoms with Crippen LogP contribution in [0.3, 0.4) is 0 Å². The highest BCUT2D eigenvalue weighted by molar-refractivity contribution is 7.93. The van der Waals surface area contributed by atoms with Gasteiger partial charge in [-0.1, -0.05) is 18.2 Å². The average molecular weight is 475 g/mol. The maximum Gasteiger partial charge on any atom is 0.262 e. The molecule has 0 saturated carbocycles. The minimum absolute atomic E-state index is 0. The molecule has 1 saturated heterocycles. The molecule has 0 aromatic heterocycles. The molecule has 0 spiro atoms. The van der Waals surface area contributed by atoms with Crippen molar-refractivity contribution < 1.29 is 16.8 Å². The van der Waals surface area contributed by atoms with Crippen LogP contribution in [0.2, 0.25) is 0 Å². The Morgan fingerprint density at radius 3 is 2.37 bits per heavy atom. The summed E-state index contributed by atoms with van der Waals surface area (Å²) in [6.45, 7) is 5.09. The van der Waals surface area contributed by atoms with Crippen LogP contribution in [0, 0.1) is 6.92 Å². The molecule has 0 bridgehead atoms. The van der Waals surface area contributed by atoms with Gasteiger partial charge in [0, 0.05) is 25.3 Å². The number of nitrogens with one attached hydrogen (secondary N) is 3. The van der Waals surface area contributed by atoms with Crippen molar-refractivity contribution in [3.05, 3.63) is 48.0 Å². The number of nitrogens with zero attached hydrogens (tertiary/aromatic N) is 1. The van der Waals surface area contributed by atoms with Gasteiger partial charge in [-0.2, -0.15) is 0 Å². The van der Waals surface area contributed by atoms with E-state index in [0.29, 0.717) is 5.56 Å². The predicted octanol–water partition coefficient (Wildman–Crippen LogP) is 2.39. The van der Waals surface area contributed by atoms with E-state index >= 15 is 0 Å². The summed E-state index contributed by atoms with van der Waals surface area (Å²) in [4.78, 5) is 2.29. The number of hydrogen-bond donors (Lipinski definition) is 3. The summed E-state index contributed by atoms with van der Waals surface area (Å²) in [6, 6.07) is 11.7. The van der Waals surface area contributed by atoms with E-state index in [2.05, 4.69) is 19.7 Å². The quantitative estimate of drug-likeness (QED) is 0.593. The molecule has 1 heterocycles. The second-order valence-corrected chi connectivity index (χ2v) is 10.5. The normalized spacial score (nSPS) is 15.1. The largest absolute Gasteiger partial charge is 0.370 e. The molecule has 0 aliphatic carbocycles. The van der Waals surface area contributed by atoms with Crippen LogP contribution in [-0.4, -0.2) is 49.3 Å². The molecule has 0 atom stereocenters. The number of rotatable bonds is 6. The number of halogens is 1. The summed E-state index contributed by atoms with van der Waals surface area (Å²) in [5.41, 5.74) is 1.81. The molecule has 0 unspecified atom stereocenters. The minimum atomic E-state index is -3.87. The Balaban J connectivity index is 0.00000320. The summed E-state index contributed by atoms with van der Waals surface area (Å²) >= 11 is 0. The topological polar surface area (TPSA) is 108 Å². The first-order valence-corrected chi connectivity index (χ1v) is 12.7. The van der Waals surface area contributed by atoms with Gasteiger partial charge in [-0.05, 0) is 49.7 Å². The molecule has 2 aromatic carbocycles. The molecule has 2 aromatic rings. The van der Waals surface area contributed by atoms with Crippen molar-refractivity contribution in [1.82, 2.24) is 5.32 Å². The van der Waals surface area contributed by atoms with Gasteiger partial charge in [0.1, 0.15) is 0 Å². The smallest absolute Gasteiger partial charge is 0.262 e. The predicted molar refractivity (Wildman–Crippen MR) is 124 cm³/mol. The van der Waals surface area contributed by atoms with E-state index < -0.39 is 20.0 Å². The standard InChI is InChI=1S/C19H26N4O4S2.ClH/c1-15-6-3-4-7-19(15)29(26,27)22-17-9-8-16(14-18(17)21-28(2,24)25)23-12-5-10-20-11-13-23;/h3-4,6-9,14,20-22H,5,10-13H2,1-2H3;1H. The zero-order valence-corrected chi connectivity index (χ0v) is 19.3. The van der Waals surface area contributed by atoms with Gasteiger partial charge in [0.05, 0.1) is 22.5 Å². The summed E-state index contributed by atoms with van der Waals surface area (Å²) < 4.78 is 54.4. The van der Waals surface area contributed by atoms with Crippen molar-refractivity contribution in [3.8, 4) is 0 Å². The summed E-state index contributed by atoms with van der Waals surface area (Å²) in [5.74, 6) is 0. The first-order chi connectivity index (χ1) is 13.7. The molecule has 0 radical (unpaired) electrons. The van der Waals surface area contributed by atoms with E-state index in [1.165, 1.54) is 6.07 Å². The molecular formula is C19H27ClN4O4S2. The van der Waals surface area contributed by atoms with Gasteiger partial charge in [0.25, 0.3) is 10.0 Å². The molecule has 166 valence electrons.